The van der Waals surface area contributed by atoms with E-state index in [0.717, 1.165) is 0 Å². The lowest BCUT2D eigenvalue weighted by Gasteiger charge is -2.16. The van der Waals surface area contributed by atoms with E-state index in [0.29, 0.717) is 5.56 Å². The molecule has 26 heavy (non-hydrogen) atoms. The van der Waals surface area contributed by atoms with Gasteiger partial charge in [-0.1, -0.05) is 23.4 Å². The van der Waals surface area contributed by atoms with Crippen LogP contribution in [0.3, 0.4) is 0 Å². The summed E-state index contributed by atoms with van der Waals surface area (Å²) in [5.41, 5.74) is 0.0972. The van der Waals surface area contributed by atoms with Crippen LogP contribution in [-0.2, 0) is 21.4 Å². The molecule has 138 valence electrons. The first kappa shape index (κ1) is 19.6. The van der Waals surface area contributed by atoms with Gasteiger partial charge in [0, 0.05) is 5.56 Å². The molecule has 0 aromatic heterocycles. The van der Waals surface area contributed by atoms with Gasteiger partial charge in [0.2, 0.25) is 0 Å². The Morgan fingerprint density at radius 3 is 2.27 bits per heavy atom. The number of nitrogens with zero attached hydrogens (tertiary/aromatic N) is 1. The molecular formula is C18H20N2O5S. The number of carbonyl (C=O) groups is 1. The number of benzene rings is 2. The number of carbonyl (C=O) groups excluding carboxylic acids is 1. The van der Waals surface area contributed by atoms with Gasteiger partial charge in [-0.3, -0.25) is 9.52 Å². The Morgan fingerprint density at radius 1 is 1.08 bits per heavy atom. The first-order valence-electron chi connectivity index (χ1n) is 7.86. The Bertz CT molecular complexity index is 900. The fraction of sp³-hybridized carbons (Fsp3) is 0.278. The average molecular weight is 376 g/mol. The maximum Gasteiger partial charge on any atom is 0.316 e. The van der Waals surface area contributed by atoms with Crippen LogP contribution in [0, 0.1) is 10.3 Å². The molecule has 0 radical (unpaired) electrons. The van der Waals surface area contributed by atoms with Crippen molar-refractivity contribution in [3.05, 3.63) is 59.0 Å². The minimum absolute atomic E-state index is 0.00178. The highest BCUT2D eigenvalue weighted by Crippen LogP contribution is 2.24. The van der Waals surface area contributed by atoms with Crippen LogP contribution in [-0.4, -0.2) is 14.4 Å². The molecule has 0 heterocycles. The topological polar surface area (TPSA) is 102 Å². The lowest BCUT2D eigenvalue weighted by Crippen LogP contribution is -2.25. The van der Waals surface area contributed by atoms with Gasteiger partial charge in [0.25, 0.3) is 10.0 Å². The second-order valence-corrected chi connectivity index (χ2v) is 8.34. The molecule has 2 aromatic carbocycles. The van der Waals surface area contributed by atoms with E-state index < -0.39 is 21.4 Å². The number of anilines is 1. The maximum atomic E-state index is 12.5. The first-order valence-corrected chi connectivity index (χ1v) is 9.34. The first-order chi connectivity index (χ1) is 12.1. The lowest BCUT2D eigenvalue weighted by atomic mass is 9.97. The Labute approximate surface area is 152 Å². The number of nitrogens with one attached hydrogen (secondary N) is 1. The van der Waals surface area contributed by atoms with Gasteiger partial charge in [0.05, 0.1) is 16.0 Å². The standard InChI is InChI=1S/C18H20N2O5S/c1-18(2,3)17(21)25-14-8-10-15(11-9-14)26(23,24)20-16-7-5-4-6-13(16)12-19-22/h4-11,20H,12H2,1-3H3. The van der Waals surface area contributed by atoms with Gasteiger partial charge in [-0.2, -0.15) is 4.91 Å². The van der Waals surface area contributed by atoms with Crippen LogP contribution >= 0.6 is 0 Å². The number of hydrogen-bond donors (Lipinski definition) is 1. The molecule has 0 amide bonds. The van der Waals surface area contributed by atoms with Crippen molar-refractivity contribution < 1.29 is 17.9 Å². The van der Waals surface area contributed by atoms with E-state index in [1.807, 2.05) is 0 Å². The van der Waals surface area contributed by atoms with Gasteiger partial charge in [0.15, 0.2) is 0 Å². The van der Waals surface area contributed by atoms with Crippen molar-refractivity contribution in [3.63, 3.8) is 0 Å². The second kappa shape index (κ2) is 7.65. The van der Waals surface area contributed by atoms with Crippen molar-refractivity contribution in [2.24, 2.45) is 10.6 Å². The monoisotopic (exact) mass is 376 g/mol. The van der Waals surface area contributed by atoms with Gasteiger partial charge in [0.1, 0.15) is 12.3 Å². The highest BCUT2D eigenvalue weighted by Gasteiger charge is 2.24. The SMILES string of the molecule is CC(C)(C)C(=O)Oc1ccc(S(=O)(=O)Nc2ccccc2CN=O)cc1. The third-order valence-electron chi connectivity index (χ3n) is 3.45. The van der Waals surface area contributed by atoms with E-state index in [1.54, 1.807) is 45.0 Å². The number of rotatable bonds is 6. The van der Waals surface area contributed by atoms with Crippen molar-refractivity contribution in [3.8, 4) is 5.75 Å². The molecule has 0 unspecified atom stereocenters. The highest BCUT2D eigenvalue weighted by molar-refractivity contribution is 7.92. The summed E-state index contributed by atoms with van der Waals surface area (Å²) in [6, 6.07) is 12.0. The molecule has 2 aromatic rings. The molecule has 8 heteroatoms. The Kier molecular flexibility index (Phi) is 5.76. The zero-order chi connectivity index (χ0) is 19.4. The summed E-state index contributed by atoms with van der Waals surface area (Å²) in [6.45, 7) is 5.04. The summed E-state index contributed by atoms with van der Waals surface area (Å²) in [7, 11) is -3.86. The second-order valence-electron chi connectivity index (χ2n) is 6.66. The molecular weight excluding hydrogens is 356 g/mol. The van der Waals surface area contributed by atoms with Crippen LogP contribution in [0.25, 0.3) is 0 Å². The minimum Gasteiger partial charge on any atom is -0.426 e. The predicted molar refractivity (Wildman–Crippen MR) is 98.3 cm³/mol. The average Bonchev–Trinajstić information content (AvgIpc) is 2.56. The predicted octanol–water partition coefficient (Wildman–Crippen LogP) is 3.71. The summed E-state index contributed by atoms with van der Waals surface area (Å²) in [4.78, 5) is 22.4. The van der Waals surface area contributed by atoms with Crippen molar-refractivity contribution in [1.29, 1.82) is 0 Å². The van der Waals surface area contributed by atoms with Gasteiger partial charge in [-0.05, 0) is 51.1 Å². The van der Waals surface area contributed by atoms with Crippen molar-refractivity contribution in [2.45, 2.75) is 32.2 Å². The van der Waals surface area contributed by atoms with Gasteiger partial charge >= 0.3 is 5.97 Å². The van der Waals surface area contributed by atoms with E-state index in [-0.39, 0.29) is 22.9 Å². The molecule has 0 fully saturated rings. The normalized spacial score (nSPS) is 11.7. The van der Waals surface area contributed by atoms with Crippen molar-refractivity contribution in [1.82, 2.24) is 0 Å². The Hall–Kier alpha value is -2.74. The molecule has 0 aliphatic carbocycles. The highest BCUT2D eigenvalue weighted by atomic mass is 32.2. The molecule has 0 aliphatic heterocycles. The number of esters is 1. The van der Waals surface area contributed by atoms with Crippen LogP contribution in [0.15, 0.2) is 58.6 Å². The van der Waals surface area contributed by atoms with Crippen molar-refractivity contribution in [2.75, 3.05) is 4.72 Å². The molecule has 0 saturated heterocycles. The molecule has 0 atom stereocenters. The van der Waals surface area contributed by atoms with E-state index in [2.05, 4.69) is 9.90 Å². The molecule has 1 N–H and O–H groups in total. The molecule has 0 aliphatic rings. The Balaban J connectivity index is 2.20. The molecule has 2 rings (SSSR count). The lowest BCUT2D eigenvalue weighted by molar-refractivity contribution is -0.143. The van der Waals surface area contributed by atoms with Crippen LogP contribution in [0.4, 0.5) is 5.69 Å². The summed E-state index contributed by atoms with van der Waals surface area (Å²) >= 11 is 0. The number of sulfonamides is 1. The number of hydrogen-bond acceptors (Lipinski definition) is 6. The minimum atomic E-state index is -3.86. The third-order valence-corrected chi connectivity index (χ3v) is 4.83. The largest absolute Gasteiger partial charge is 0.426 e. The zero-order valence-electron chi connectivity index (χ0n) is 14.7. The summed E-state index contributed by atoms with van der Waals surface area (Å²) in [5, 5.41) is 2.79. The van der Waals surface area contributed by atoms with Crippen LogP contribution < -0.4 is 9.46 Å². The van der Waals surface area contributed by atoms with Crippen LogP contribution in [0.5, 0.6) is 5.75 Å². The quantitative estimate of drug-likeness (QED) is 0.470. The molecule has 0 saturated carbocycles. The van der Waals surface area contributed by atoms with Crippen LogP contribution in [0.1, 0.15) is 26.3 Å². The molecule has 7 nitrogen and oxygen atoms in total. The van der Waals surface area contributed by atoms with E-state index in [4.69, 9.17) is 4.74 Å². The number of ether oxygens (including phenoxy) is 1. The van der Waals surface area contributed by atoms with Crippen molar-refractivity contribution >= 4 is 21.7 Å². The molecule has 0 bridgehead atoms. The van der Waals surface area contributed by atoms with Gasteiger partial charge < -0.3 is 4.74 Å². The third kappa shape index (κ3) is 4.89. The van der Waals surface area contributed by atoms with E-state index in [9.17, 15) is 18.1 Å². The Morgan fingerprint density at radius 2 is 1.69 bits per heavy atom. The number of nitroso groups, excluding NO2 is 1. The summed E-state index contributed by atoms with van der Waals surface area (Å²) < 4.78 is 32.7. The maximum absolute atomic E-state index is 12.5. The summed E-state index contributed by atoms with van der Waals surface area (Å²) in [6.07, 6.45) is 0. The number of para-hydroxylation sites is 1. The fourth-order valence-corrected chi connectivity index (χ4v) is 3.08. The van der Waals surface area contributed by atoms with Gasteiger partial charge in [-0.25, -0.2) is 8.42 Å². The molecule has 0 spiro atoms. The van der Waals surface area contributed by atoms with E-state index in [1.165, 1.54) is 24.3 Å². The fourth-order valence-electron chi connectivity index (χ4n) is 1.98. The van der Waals surface area contributed by atoms with Crippen LogP contribution in [0.2, 0.25) is 0 Å². The van der Waals surface area contributed by atoms with Gasteiger partial charge in [-0.15, -0.1) is 0 Å². The smallest absolute Gasteiger partial charge is 0.316 e. The zero-order valence-corrected chi connectivity index (χ0v) is 15.5. The summed E-state index contributed by atoms with van der Waals surface area (Å²) in [5.74, 6) is -0.157. The van der Waals surface area contributed by atoms with E-state index >= 15 is 0 Å².